The van der Waals surface area contributed by atoms with Gasteiger partial charge in [-0.25, -0.2) is 0 Å². The summed E-state index contributed by atoms with van der Waals surface area (Å²) in [7, 11) is 0. The van der Waals surface area contributed by atoms with E-state index in [1.165, 1.54) is 12.8 Å². The number of Topliss-reactive ketones (excluding diaryl/α,β-unsaturated/α-hetero) is 1. The van der Waals surface area contributed by atoms with Crippen molar-refractivity contribution in [3.05, 3.63) is 0 Å². The number of hydrogen-bond donors (Lipinski definition) is 1. The topological polar surface area (TPSA) is 37.3 Å². The van der Waals surface area contributed by atoms with E-state index in [1.54, 1.807) is 0 Å². The van der Waals surface area contributed by atoms with Gasteiger partial charge in [0.25, 0.3) is 0 Å². The van der Waals surface area contributed by atoms with Gasteiger partial charge >= 0.3 is 0 Å². The predicted octanol–water partition coefficient (Wildman–Crippen LogP) is 3.43. The SMILES string of the molecule is CC(C)CCCC(C)CC(=O)CC(C)CO. The van der Waals surface area contributed by atoms with Crippen LogP contribution in [0.5, 0.6) is 0 Å². The second-order valence-corrected chi connectivity index (χ2v) is 5.66. The summed E-state index contributed by atoms with van der Waals surface area (Å²) in [5.41, 5.74) is 0. The first-order valence-electron chi connectivity index (χ1n) is 6.58. The molecule has 0 aromatic carbocycles. The van der Waals surface area contributed by atoms with Gasteiger partial charge in [-0.3, -0.25) is 4.79 Å². The molecule has 1 N–H and O–H groups in total. The molecule has 0 aliphatic heterocycles. The number of carbonyl (C=O) groups excluding carboxylic acids is 1. The molecule has 0 saturated heterocycles. The summed E-state index contributed by atoms with van der Waals surface area (Å²) < 4.78 is 0. The number of hydrogen-bond acceptors (Lipinski definition) is 2. The van der Waals surface area contributed by atoms with Crippen LogP contribution in [0, 0.1) is 17.8 Å². The van der Waals surface area contributed by atoms with E-state index < -0.39 is 0 Å². The van der Waals surface area contributed by atoms with E-state index in [2.05, 4.69) is 20.8 Å². The van der Waals surface area contributed by atoms with Crippen LogP contribution in [-0.4, -0.2) is 17.5 Å². The fourth-order valence-corrected chi connectivity index (χ4v) is 1.90. The quantitative estimate of drug-likeness (QED) is 0.656. The molecule has 0 spiro atoms. The van der Waals surface area contributed by atoms with E-state index in [0.29, 0.717) is 24.5 Å². The lowest BCUT2D eigenvalue weighted by atomic mass is 9.93. The predicted molar refractivity (Wildman–Crippen MR) is 68.3 cm³/mol. The molecule has 0 bridgehead atoms. The largest absolute Gasteiger partial charge is 0.396 e. The van der Waals surface area contributed by atoms with E-state index in [0.717, 1.165) is 12.3 Å². The molecule has 0 rings (SSSR count). The van der Waals surface area contributed by atoms with Gasteiger partial charge in [-0.05, 0) is 17.8 Å². The molecule has 2 heteroatoms. The molecule has 2 atom stereocenters. The van der Waals surface area contributed by atoms with Crippen LogP contribution in [0.2, 0.25) is 0 Å². The van der Waals surface area contributed by atoms with E-state index >= 15 is 0 Å². The third-order valence-corrected chi connectivity index (χ3v) is 2.94. The van der Waals surface area contributed by atoms with Crippen LogP contribution in [0.15, 0.2) is 0 Å². The summed E-state index contributed by atoms with van der Waals surface area (Å²) in [5.74, 6) is 1.68. The highest BCUT2D eigenvalue weighted by Crippen LogP contribution is 2.17. The highest BCUT2D eigenvalue weighted by molar-refractivity contribution is 5.78. The second-order valence-electron chi connectivity index (χ2n) is 5.66. The van der Waals surface area contributed by atoms with Crippen LogP contribution in [-0.2, 0) is 4.79 Å². The smallest absolute Gasteiger partial charge is 0.133 e. The number of carbonyl (C=O) groups is 1. The van der Waals surface area contributed by atoms with Crippen LogP contribution in [0.4, 0.5) is 0 Å². The van der Waals surface area contributed by atoms with Gasteiger partial charge in [0.15, 0.2) is 0 Å². The van der Waals surface area contributed by atoms with Gasteiger partial charge in [0.2, 0.25) is 0 Å². The van der Waals surface area contributed by atoms with Gasteiger partial charge in [-0.2, -0.15) is 0 Å². The maximum absolute atomic E-state index is 11.6. The Morgan fingerprint density at radius 2 is 1.56 bits per heavy atom. The van der Waals surface area contributed by atoms with Crippen molar-refractivity contribution in [1.82, 2.24) is 0 Å². The van der Waals surface area contributed by atoms with Gasteiger partial charge in [0.05, 0.1) is 0 Å². The van der Waals surface area contributed by atoms with Gasteiger partial charge in [0, 0.05) is 19.4 Å². The zero-order chi connectivity index (χ0) is 12.6. The first kappa shape index (κ1) is 15.6. The molecular formula is C14H28O2. The molecule has 16 heavy (non-hydrogen) atoms. The molecule has 2 nitrogen and oxygen atoms in total. The lowest BCUT2D eigenvalue weighted by molar-refractivity contribution is -0.121. The molecule has 0 saturated carbocycles. The van der Waals surface area contributed by atoms with Crippen molar-refractivity contribution in [3.63, 3.8) is 0 Å². The van der Waals surface area contributed by atoms with Gasteiger partial charge in [-0.15, -0.1) is 0 Å². The van der Waals surface area contributed by atoms with Crippen LogP contribution >= 0.6 is 0 Å². The van der Waals surface area contributed by atoms with Crippen molar-refractivity contribution >= 4 is 5.78 Å². The van der Waals surface area contributed by atoms with Crippen molar-refractivity contribution in [1.29, 1.82) is 0 Å². The highest BCUT2D eigenvalue weighted by Gasteiger charge is 2.12. The Kier molecular flexibility index (Phi) is 8.54. The molecule has 0 aromatic heterocycles. The molecule has 0 radical (unpaired) electrons. The summed E-state index contributed by atoms with van der Waals surface area (Å²) in [6.07, 6.45) is 4.85. The van der Waals surface area contributed by atoms with Crippen molar-refractivity contribution in [2.45, 2.75) is 59.8 Å². The minimum atomic E-state index is 0.119. The fraction of sp³-hybridized carbons (Fsp3) is 0.929. The monoisotopic (exact) mass is 228 g/mol. The van der Waals surface area contributed by atoms with Gasteiger partial charge < -0.3 is 5.11 Å². The molecule has 0 amide bonds. The van der Waals surface area contributed by atoms with Gasteiger partial charge in [0.1, 0.15) is 5.78 Å². The van der Waals surface area contributed by atoms with Crippen LogP contribution in [0.25, 0.3) is 0 Å². The zero-order valence-electron chi connectivity index (χ0n) is 11.3. The van der Waals surface area contributed by atoms with Crippen molar-refractivity contribution in [3.8, 4) is 0 Å². The normalized spacial score (nSPS) is 15.1. The summed E-state index contributed by atoms with van der Waals surface area (Å²) in [6.45, 7) is 8.66. The van der Waals surface area contributed by atoms with Crippen molar-refractivity contribution < 1.29 is 9.90 Å². The van der Waals surface area contributed by atoms with Crippen molar-refractivity contribution in [2.24, 2.45) is 17.8 Å². The first-order valence-corrected chi connectivity index (χ1v) is 6.58. The summed E-state index contributed by atoms with van der Waals surface area (Å²) in [5, 5.41) is 8.87. The molecule has 0 aliphatic carbocycles. The Morgan fingerprint density at radius 1 is 1.00 bits per heavy atom. The number of aliphatic hydroxyl groups excluding tert-OH is 1. The molecule has 2 unspecified atom stereocenters. The molecule has 0 fully saturated rings. The van der Waals surface area contributed by atoms with Gasteiger partial charge in [-0.1, -0.05) is 47.0 Å². The zero-order valence-corrected chi connectivity index (χ0v) is 11.3. The van der Waals surface area contributed by atoms with E-state index in [4.69, 9.17) is 5.11 Å². The standard InChI is InChI=1S/C14H28O2/c1-11(2)6-5-7-12(3)8-14(16)9-13(4)10-15/h11-13,15H,5-10H2,1-4H3. The second kappa shape index (κ2) is 8.74. The average molecular weight is 228 g/mol. The molecular weight excluding hydrogens is 200 g/mol. The summed E-state index contributed by atoms with van der Waals surface area (Å²) in [6, 6.07) is 0. The number of aliphatic hydroxyl groups is 1. The maximum atomic E-state index is 11.6. The Balaban J connectivity index is 3.62. The molecule has 96 valence electrons. The molecule has 0 heterocycles. The maximum Gasteiger partial charge on any atom is 0.133 e. The van der Waals surface area contributed by atoms with E-state index in [1.807, 2.05) is 6.92 Å². The number of rotatable bonds is 9. The highest BCUT2D eigenvalue weighted by atomic mass is 16.3. The average Bonchev–Trinajstić information content (AvgIpc) is 2.16. The molecule has 0 aliphatic rings. The third-order valence-electron chi connectivity index (χ3n) is 2.94. The third kappa shape index (κ3) is 8.90. The Labute approximate surface area is 100 Å². The molecule has 0 aromatic rings. The Morgan fingerprint density at radius 3 is 2.06 bits per heavy atom. The van der Waals surface area contributed by atoms with E-state index in [-0.39, 0.29) is 12.5 Å². The lowest BCUT2D eigenvalue weighted by Gasteiger charge is -2.13. The van der Waals surface area contributed by atoms with Crippen LogP contribution in [0.3, 0.4) is 0 Å². The summed E-state index contributed by atoms with van der Waals surface area (Å²) >= 11 is 0. The van der Waals surface area contributed by atoms with Crippen molar-refractivity contribution in [2.75, 3.05) is 6.61 Å². The van der Waals surface area contributed by atoms with E-state index in [9.17, 15) is 4.79 Å². The minimum Gasteiger partial charge on any atom is -0.396 e. The minimum absolute atomic E-state index is 0.119. The van der Waals surface area contributed by atoms with Crippen LogP contribution in [0.1, 0.15) is 59.8 Å². The first-order chi connectivity index (χ1) is 7.45. The Bertz CT molecular complexity index is 187. The van der Waals surface area contributed by atoms with Crippen LogP contribution < -0.4 is 0 Å². The lowest BCUT2D eigenvalue weighted by Crippen LogP contribution is -2.12. The Hall–Kier alpha value is -0.370. The fourth-order valence-electron chi connectivity index (χ4n) is 1.90. The summed E-state index contributed by atoms with van der Waals surface area (Å²) in [4.78, 5) is 11.6. The number of ketones is 1.